The minimum absolute atomic E-state index is 0.0591. The Hall–Kier alpha value is -2.80. The summed E-state index contributed by atoms with van der Waals surface area (Å²) < 4.78 is 87.9. The molecule has 12 heteroatoms. The van der Waals surface area contributed by atoms with Crippen LogP contribution in [-0.4, -0.2) is 69.2 Å². The van der Waals surface area contributed by atoms with Gasteiger partial charge in [-0.1, -0.05) is 30.4 Å². The lowest BCUT2D eigenvalue weighted by Crippen LogP contribution is -2.46. The molecule has 5 rings (SSSR count). The standard InChI is InChI=1S/C31H35F5N3O2PS/c1-39-14-12-25(24(33)19-39)38-27-8-5-7-22-23(18-31(34,35)36)29(43-30(22)27)9-6-13-37-26-11-10-21(17-28(26)41-20-32)42(40)15-3-2-4-16-42/h5,7-8,10-11,17,24-25,37-38H,2-4,12-16,18-20H2,1H3/t24-,25-/m0/s1. The highest BCUT2D eigenvalue weighted by molar-refractivity contribution is 7.71. The molecule has 1 aromatic heterocycles. The Labute approximate surface area is 252 Å². The van der Waals surface area contributed by atoms with Crippen molar-refractivity contribution in [3.63, 3.8) is 0 Å². The van der Waals surface area contributed by atoms with Crippen molar-refractivity contribution in [2.45, 2.75) is 50.5 Å². The molecular formula is C31H35F5N3O2PS. The summed E-state index contributed by atoms with van der Waals surface area (Å²) >= 11 is 1.15. The molecule has 2 aromatic carbocycles. The normalized spacial score (nSPS) is 20.8. The summed E-state index contributed by atoms with van der Waals surface area (Å²) in [6.45, 7) is 0.0142. The van der Waals surface area contributed by atoms with Crippen molar-refractivity contribution in [1.29, 1.82) is 0 Å². The van der Waals surface area contributed by atoms with E-state index in [2.05, 4.69) is 22.5 Å². The molecule has 0 bridgehead atoms. The summed E-state index contributed by atoms with van der Waals surface area (Å²) in [5, 5.41) is 7.40. The fourth-order valence-electron chi connectivity index (χ4n) is 5.81. The van der Waals surface area contributed by atoms with Crippen LogP contribution in [0.4, 0.5) is 33.3 Å². The van der Waals surface area contributed by atoms with Gasteiger partial charge in [-0.3, -0.25) is 0 Å². The molecule has 3 heterocycles. The zero-order chi connectivity index (χ0) is 30.6. The number of piperidine rings is 1. The number of halogens is 5. The fraction of sp³-hybridized carbons (Fsp3) is 0.484. The van der Waals surface area contributed by atoms with E-state index in [1.807, 2.05) is 11.9 Å². The average Bonchev–Trinajstić information content (AvgIpc) is 3.30. The molecule has 2 aliphatic rings. The van der Waals surface area contributed by atoms with Crippen LogP contribution in [0.15, 0.2) is 36.4 Å². The summed E-state index contributed by atoms with van der Waals surface area (Å²) in [6.07, 6.45) is -2.00. The quantitative estimate of drug-likeness (QED) is 0.153. The number of fused-ring (bicyclic) bond motifs is 1. The highest BCUT2D eigenvalue weighted by Crippen LogP contribution is 2.50. The lowest BCUT2D eigenvalue weighted by atomic mass is 10.0. The van der Waals surface area contributed by atoms with Crippen molar-refractivity contribution in [3.8, 4) is 17.6 Å². The van der Waals surface area contributed by atoms with Gasteiger partial charge in [0.05, 0.1) is 40.0 Å². The Kier molecular flexibility index (Phi) is 9.89. The van der Waals surface area contributed by atoms with E-state index < -0.39 is 38.8 Å². The summed E-state index contributed by atoms with van der Waals surface area (Å²) in [5.74, 6) is 6.02. The molecule has 3 aromatic rings. The minimum atomic E-state index is -4.44. The molecule has 0 amide bonds. The van der Waals surface area contributed by atoms with Gasteiger partial charge in [0, 0.05) is 30.7 Å². The highest BCUT2D eigenvalue weighted by Gasteiger charge is 2.32. The van der Waals surface area contributed by atoms with Crippen LogP contribution >= 0.6 is 18.5 Å². The van der Waals surface area contributed by atoms with Crippen molar-refractivity contribution < 1.29 is 31.3 Å². The van der Waals surface area contributed by atoms with E-state index >= 15 is 0 Å². The first-order valence-electron chi connectivity index (χ1n) is 14.4. The van der Waals surface area contributed by atoms with Gasteiger partial charge >= 0.3 is 6.18 Å². The number of nitrogens with one attached hydrogen (secondary N) is 2. The van der Waals surface area contributed by atoms with E-state index in [9.17, 15) is 26.5 Å². The molecular weight excluding hydrogens is 604 g/mol. The Morgan fingerprint density at radius 2 is 1.93 bits per heavy atom. The van der Waals surface area contributed by atoms with Crippen LogP contribution in [0.2, 0.25) is 0 Å². The molecule has 2 N–H and O–H groups in total. The monoisotopic (exact) mass is 639 g/mol. The Morgan fingerprint density at radius 3 is 2.65 bits per heavy atom. The number of likely N-dealkylation sites (tertiary alicyclic amines) is 1. The molecule has 0 aliphatic carbocycles. The van der Waals surface area contributed by atoms with Crippen molar-refractivity contribution in [2.24, 2.45) is 0 Å². The van der Waals surface area contributed by atoms with Gasteiger partial charge in [0.2, 0.25) is 6.86 Å². The summed E-state index contributed by atoms with van der Waals surface area (Å²) in [5.41, 5.74) is 1.14. The molecule has 0 spiro atoms. The predicted molar refractivity (Wildman–Crippen MR) is 165 cm³/mol. The van der Waals surface area contributed by atoms with Crippen LogP contribution in [0.25, 0.3) is 10.1 Å². The number of nitrogens with zero attached hydrogens (tertiary/aromatic N) is 1. The van der Waals surface area contributed by atoms with Crippen LogP contribution in [-0.2, 0) is 11.0 Å². The number of ether oxygens (including phenoxy) is 1. The number of benzene rings is 2. The van der Waals surface area contributed by atoms with Gasteiger partial charge in [-0.05, 0) is 61.5 Å². The maximum absolute atomic E-state index is 14.7. The van der Waals surface area contributed by atoms with Crippen LogP contribution in [0, 0.1) is 11.8 Å². The third-order valence-corrected chi connectivity index (χ3v) is 12.5. The van der Waals surface area contributed by atoms with Crippen molar-refractivity contribution in [2.75, 3.05) is 56.5 Å². The average molecular weight is 640 g/mol. The minimum Gasteiger partial charge on any atom is -0.461 e. The van der Waals surface area contributed by atoms with E-state index in [1.165, 1.54) is 0 Å². The van der Waals surface area contributed by atoms with Gasteiger partial charge in [0.15, 0.2) is 0 Å². The SMILES string of the molecule is CN1CC[C@H](Nc2cccc3c(CC(F)(F)F)c(C#CCNc4ccc(P5(=O)CCCCC5)cc4OCF)sc23)[C@@H](F)C1. The third kappa shape index (κ3) is 7.65. The molecule has 5 nitrogen and oxygen atoms in total. The Balaban J connectivity index is 1.38. The molecule has 2 atom stereocenters. The van der Waals surface area contributed by atoms with Crippen LogP contribution in [0.1, 0.15) is 36.1 Å². The largest absolute Gasteiger partial charge is 0.461 e. The van der Waals surface area contributed by atoms with Crippen molar-refractivity contribution in [3.05, 3.63) is 46.8 Å². The second kappa shape index (κ2) is 13.5. The van der Waals surface area contributed by atoms with Crippen molar-refractivity contribution >= 4 is 45.2 Å². The van der Waals surface area contributed by atoms with E-state index in [1.54, 1.807) is 36.4 Å². The van der Waals surface area contributed by atoms with Gasteiger partial charge in [0.25, 0.3) is 0 Å². The first-order chi connectivity index (χ1) is 20.6. The number of hydrogen-bond donors (Lipinski definition) is 2. The molecule has 0 unspecified atom stereocenters. The molecule has 43 heavy (non-hydrogen) atoms. The zero-order valence-corrected chi connectivity index (χ0v) is 25.6. The number of rotatable bonds is 8. The van der Waals surface area contributed by atoms with Gasteiger partial charge in [-0.15, -0.1) is 11.3 Å². The van der Waals surface area contributed by atoms with Crippen molar-refractivity contribution in [1.82, 2.24) is 4.90 Å². The third-order valence-electron chi connectivity index (χ3n) is 8.03. The van der Waals surface area contributed by atoms with Crippen LogP contribution < -0.4 is 20.7 Å². The Morgan fingerprint density at radius 1 is 1.14 bits per heavy atom. The molecule has 0 saturated carbocycles. The van der Waals surface area contributed by atoms with Gasteiger partial charge in [-0.25, -0.2) is 8.78 Å². The molecule has 2 saturated heterocycles. The highest BCUT2D eigenvalue weighted by atomic mass is 32.1. The Bertz CT molecular complexity index is 1540. The van der Waals surface area contributed by atoms with Gasteiger partial charge in [-0.2, -0.15) is 13.2 Å². The first kappa shape index (κ1) is 31.6. The number of thiophene rings is 1. The van der Waals surface area contributed by atoms with Crippen LogP contribution in [0.5, 0.6) is 5.75 Å². The van der Waals surface area contributed by atoms with Crippen LogP contribution in [0.3, 0.4) is 0 Å². The second-order valence-corrected chi connectivity index (χ2v) is 15.4. The number of anilines is 2. The molecule has 232 valence electrons. The van der Waals surface area contributed by atoms with Gasteiger partial charge < -0.3 is 24.8 Å². The van der Waals surface area contributed by atoms with E-state index in [-0.39, 0.29) is 22.7 Å². The van der Waals surface area contributed by atoms with E-state index in [0.29, 0.717) is 52.1 Å². The van der Waals surface area contributed by atoms with Gasteiger partial charge in [0.1, 0.15) is 19.1 Å². The summed E-state index contributed by atoms with van der Waals surface area (Å²) in [6, 6.07) is 9.72. The van der Waals surface area contributed by atoms with E-state index in [4.69, 9.17) is 4.74 Å². The molecule has 2 fully saturated rings. The molecule has 0 radical (unpaired) electrons. The predicted octanol–water partition coefficient (Wildman–Crippen LogP) is 7.40. The fourth-order valence-corrected chi connectivity index (χ4v) is 9.89. The second-order valence-electron chi connectivity index (χ2n) is 11.2. The summed E-state index contributed by atoms with van der Waals surface area (Å²) in [4.78, 5) is 2.20. The number of hydrogen-bond acceptors (Lipinski definition) is 6. The lowest BCUT2D eigenvalue weighted by Gasteiger charge is -2.33. The zero-order valence-electron chi connectivity index (χ0n) is 23.9. The maximum atomic E-state index is 14.7. The lowest BCUT2D eigenvalue weighted by molar-refractivity contribution is -0.126. The topological polar surface area (TPSA) is 53.6 Å². The smallest absolute Gasteiger partial charge is 0.393 e. The maximum Gasteiger partial charge on any atom is 0.393 e. The molecule has 2 aliphatic heterocycles. The first-order valence-corrected chi connectivity index (χ1v) is 17.3. The van der Waals surface area contributed by atoms with E-state index in [0.717, 1.165) is 37.1 Å². The summed E-state index contributed by atoms with van der Waals surface area (Å²) in [7, 11) is -0.687. The number of alkyl halides is 5.